The third-order valence-electron chi connectivity index (χ3n) is 1.89. The lowest BCUT2D eigenvalue weighted by molar-refractivity contribution is 0.925. The van der Waals surface area contributed by atoms with E-state index >= 15 is 0 Å². The second-order valence-electron chi connectivity index (χ2n) is 2.92. The average molecular weight is 161 g/mol. The van der Waals surface area contributed by atoms with E-state index in [0.29, 0.717) is 0 Å². The van der Waals surface area contributed by atoms with Crippen molar-refractivity contribution < 1.29 is 0 Å². The fourth-order valence-electron chi connectivity index (χ4n) is 1.25. The number of aromatic nitrogens is 3. The van der Waals surface area contributed by atoms with E-state index in [1.165, 1.54) is 0 Å². The topological polar surface area (TPSA) is 33.6 Å². The van der Waals surface area contributed by atoms with E-state index in [1.807, 2.05) is 43.1 Å². The van der Waals surface area contributed by atoms with Gasteiger partial charge >= 0.3 is 0 Å². The van der Waals surface area contributed by atoms with E-state index in [1.54, 1.807) is 0 Å². The Balaban J connectivity index is 2.50. The summed E-state index contributed by atoms with van der Waals surface area (Å²) in [5.74, 6) is 0.931. The lowest BCUT2D eigenvalue weighted by Gasteiger charge is -1.97. The van der Waals surface area contributed by atoms with Crippen LogP contribution in [0.1, 0.15) is 5.69 Å². The van der Waals surface area contributed by atoms with Gasteiger partial charge < -0.3 is 9.55 Å². The molecule has 0 atom stereocenters. The molecular weight excluding hydrogens is 150 g/mol. The number of H-pyrrole nitrogens is 1. The van der Waals surface area contributed by atoms with Gasteiger partial charge in [-0.3, -0.25) is 0 Å². The maximum atomic E-state index is 4.24. The molecule has 0 radical (unpaired) electrons. The van der Waals surface area contributed by atoms with Crippen LogP contribution in [0.4, 0.5) is 0 Å². The highest BCUT2D eigenvalue weighted by Gasteiger charge is 2.03. The molecule has 2 rings (SSSR count). The highest BCUT2D eigenvalue weighted by molar-refractivity contribution is 5.50. The molecule has 0 bridgehead atoms. The van der Waals surface area contributed by atoms with E-state index in [9.17, 15) is 0 Å². The Morgan fingerprint density at radius 1 is 1.50 bits per heavy atom. The summed E-state index contributed by atoms with van der Waals surface area (Å²) in [5.41, 5.74) is 2.20. The minimum absolute atomic E-state index is 0.931. The second-order valence-corrected chi connectivity index (χ2v) is 2.92. The van der Waals surface area contributed by atoms with Crippen molar-refractivity contribution in [2.24, 2.45) is 7.05 Å². The zero-order valence-corrected chi connectivity index (χ0v) is 7.20. The maximum absolute atomic E-state index is 4.24. The van der Waals surface area contributed by atoms with Gasteiger partial charge in [0, 0.05) is 25.1 Å². The minimum atomic E-state index is 0.931. The zero-order valence-electron chi connectivity index (χ0n) is 7.20. The molecule has 1 N–H and O–H groups in total. The molecule has 0 aliphatic heterocycles. The molecule has 62 valence electrons. The first kappa shape index (κ1) is 7.16. The van der Waals surface area contributed by atoms with Gasteiger partial charge in [-0.25, -0.2) is 4.98 Å². The first-order chi connectivity index (χ1) is 5.77. The van der Waals surface area contributed by atoms with Crippen LogP contribution in [0, 0.1) is 6.92 Å². The average Bonchev–Trinajstić information content (AvgIpc) is 2.58. The molecule has 0 saturated carbocycles. The molecule has 2 aromatic heterocycles. The molecule has 0 saturated heterocycles. The van der Waals surface area contributed by atoms with Gasteiger partial charge in [-0.05, 0) is 19.1 Å². The molecule has 2 heterocycles. The Hall–Kier alpha value is -1.51. The normalized spacial score (nSPS) is 10.5. The van der Waals surface area contributed by atoms with E-state index in [0.717, 1.165) is 17.2 Å². The van der Waals surface area contributed by atoms with Crippen molar-refractivity contribution in [2.75, 3.05) is 0 Å². The third-order valence-corrected chi connectivity index (χ3v) is 1.89. The molecule has 0 aliphatic carbocycles. The van der Waals surface area contributed by atoms with Crippen LogP contribution in [0.2, 0.25) is 0 Å². The summed E-state index contributed by atoms with van der Waals surface area (Å²) in [5, 5.41) is 0. The van der Waals surface area contributed by atoms with Crippen LogP contribution in [0.25, 0.3) is 11.5 Å². The molecule has 0 spiro atoms. The number of imidazole rings is 1. The largest absolute Gasteiger partial charge is 0.348 e. The van der Waals surface area contributed by atoms with Crippen LogP contribution < -0.4 is 0 Å². The van der Waals surface area contributed by atoms with Crippen molar-refractivity contribution in [1.29, 1.82) is 0 Å². The third kappa shape index (κ3) is 1.03. The summed E-state index contributed by atoms with van der Waals surface area (Å²) in [6, 6.07) is 4.05. The fourth-order valence-corrected chi connectivity index (χ4v) is 1.25. The highest BCUT2D eigenvalue weighted by Crippen LogP contribution is 2.14. The van der Waals surface area contributed by atoms with Crippen LogP contribution >= 0.6 is 0 Å². The smallest absolute Gasteiger partial charge is 0.154 e. The van der Waals surface area contributed by atoms with Gasteiger partial charge in [-0.2, -0.15) is 0 Å². The summed E-state index contributed by atoms with van der Waals surface area (Å²) < 4.78 is 2.04. The van der Waals surface area contributed by atoms with E-state index in [-0.39, 0.29) is 0 Å². The van der Waals surface area contributed by atoms with Crippen LogP contribution in [-0.4, -0.2) is 14.5 Å². The summed E-state index contributed by atoms with van der Waals surface area (Å²) in [7, 11) is 2.01. The molecule has 0 aliphatic rings. The molecule has 0 fully saturated rings. The molecule has 2 aromatic rings. The zero-order chi connectivity index (χ0) is 8.55. The number of hydrogen-bond donors (Lipinski definition) is 1. The molecule has 12 heavy (non-hydrogen) atoms. The predicted molar refractivity (Wildman–Crippen MR) is 47.7 cm³/mol. The molecular formula is C9H11N3. The van der Waals surface area contributed by atoms with Crippen molar-refractivity contribution in [3.8, 4) is 11.5 Å². The fraction of sp³-hybridized carbons (Fsp3) is 0.222. The number of nitrogens with one attached hydrogen (secondary N) is 1. The van der Waals surface area contributed by atoms with Crippen molar-refractivity contribution in [2.45, 2.75) is 6.92 Å². The van der Waals surface area contributed by atoms with Crippen LogP contribution in [-0.2, 0) is 7.05 Å². The standard InChI is InChI=1S/C9H11N3/c1-7-6-10-9(11-7)8-4-3-5-12(8)2/h3-6H,1-2H3,(H,10,11). The first-order valence-corrected chi connectivity index (χ1v) is 3.90. The molecule has 0 amide bonds. The quantitative estimate of drug-likeness (QED) is 0.678. The Labute approximate surface area is 71.1 Å². The molecule has 3 heteroatoms. The monoisotopic (exact) mass is 161 g/mol. The van der Waals surface area contributed by atoms with Crippen molar-refractivity contribution in [3.05, 3.63) is 30.2 Å². The second kappa shape index (κ2) is 2.52. The SMILES string of the molecule is Cc1cnc(-c2cccn2C)[nH]1. The molecule has 0 unspecified atom stereocenters. The summed E-state index contributed by atoms with van der Waals surface area (Å²) in [6.07, 6.45) is 3.84. The Kier molecular flexibility index (Phi) is 1.50. The van der Waals surface area contributed by atoms with Gasteiger partial charge in [-0.15, -0.1) is 0 Å². The molecule has 3 nitrogen and oxygen atoms in total. The van der Waals surface area contributed by atoms with Gasteiger partial charge in [0.25, 0.3) is 0 Å². The first-order valence-electron chi connectivity index (χ1n) is 3.90. The number of nitrogens with zero attached hydrogens (tertiary/aromatic N) is 2. The number of aromatic amines is 1. The van der Waals surface area contributed by atoms with E-state index in [4.69, 9.17) is 0 Å². The van der Waals surface area contributed by atoms with E-state index < -0.39 is 0 Å². The maximum Gasteiger partial charge on any atom is 0.154 e. The predicted octanol–water partition coefficient (Wildman–Crippen LogP) is 1.72. The Morgan fingerprint density at radius 2 is 2.33 bits per heavy atom. The number of rotatable bonds is 1. The van der Waals surface area contributed by atoms with Crippen LogP contribution in [0.3, 0.4) is 0 Å². The number of hydrogen-bond acceptors (Lipinski definition) is 1. The van der Waals surface area contributed by atoms with Gasteiger partial charge in [-0.1, -0.05) is 0 Å². The highest BCUT2D eigenvalue weighted by atomic mass is 15.0. The van der Waals surface area contributed by atoms with Gasteiger partial charge in [0.2, 0.25) is 0 Å². The minimum Gasteiger partial charge on any atom is -0.348 e. The van der Waals surface area contributed by atoms with E-state index in [2.05, 4.69) is 9.97 Å². The van der Waals surface area contributed by atoms with Gasteiger partial charge in [0.05, 0.1) is 5.69 Å². The van der Waals surface area contributed by atoms with Crippen molar-refractivity contribution >= 4 is 0 Å². The Morgan fingerprint density at radius 3 is 2.83 bits per heavy atom. The summed E-state index contributed by atoms with van der Waals surface area (Å²) in [4.78, 5) is 7.43. The molecule has 0 aromatic carbocycles. The summed E-state index contributed by atoms with van der Waals surface area (Å²) >= 11 is 0. The lowest BCUT2D eigenvalue weighted by Crippen LogP contribution is -1.90. The van der Waals surface area contributed by atoms with Gasteiger partial charge in [0.15, 0.2) is 5.82 Å². The summed E-state index contributed by atoms with van der Waals surface area (Å²) in [6.45, 7) is 2.00. The van der Waals surface area contributed by atoms with Crippen LogP contribution in [0.5, 0.6) is 0 Å². The van der Waals surface area contributed by atoms with Crippen molar-refractivity contribution in [3.63, 3.8) is 0 Å². The lowest BCUT2D eigenvalue weighted by atomic mass is 10.4. The van der Waals surface area contributed by atoms with Crippen molar-refractivity contribution in [1.82, 2.24) is 14.5 Å². The van der Waals surface area contributed by atoms with Gasteiger partial charge in [0.1, 0.15) is 0 Å². The Bertz CT molecular complexity index is 384. The van der Waals surface area contributed by atoms with Crippen LogP contribution in [0.15, 0.2) is 24.5 Å². The number of aryl methyl sites for hydroxylation is 2.